The summed E-state index contributed by atoms with van der Waals surface area (Å²) in [6.07, 6.45) is 4.07. The largest absolute Gasteiger partial charge is 0.389 e. The van der Waals surface area contributed by atoms with Gasteiger partial charge in [-0.15, -0.1) is 0 Å². The second-order valence-electron chi connectivity index (χ2n) is 5.41. The molecule has 1 saturated carbocycles. The highest BCUT2D eigenvalue weighted by atomic mass is 35.5. The molecule has 0 aromatic heterocycles. The van der Waals surface area contributed by atoms with Gasteiger partial charge in [-0.3, -0.25) is 0 Å². The average Bonchev–Trinajstić information content (AvgIpc) is 3.21. The molecule has 7 heteroatoms. The minimum absolute atomic E-state index is 0.0310. The van der Waals surface area contributed by atoms with E-state index in [1.807, 2.05) is 6.92 Å². The van der Waals surface area contributed by atoms with Gasteiger partial charge in [-0.25, -0.2) is 13.1 Å². The number of nitrogens with two attached hydrogens (primary N) is 1. The van der Waals surface area contributed by atoms with Crippen LogP contribution in [0.15, 0.2) is 23.1 Å². The summed E-state index contributed by atoms with van der Waals surface area (Å²) in [5, 5.41) is 0.251. The molecule has 0 amide bonds. The van der Waals surface area contributed by atoms with E-state index in [4.69, 9.17) is 29.6 Å². The Bertz CT molecular complexity index is 642. The molecule has 116 valence electrons. The van der Waals surface area contributed by atoms with Gasteiger partial charge in [0.05, 0.1) is 9.92 Å². The normalized spacial score (nSPS) is 16.7. The van der Waals surface area contributed by atoms with Crippen LogP contribution >= 0.6 is 23.8 Å². The number of hydrogen-bond acceptors (Lipinski definition) is 3. The summed E-state index contributed by atoms with van der Waals surface area (Å²) in [7, 11) is -3.57. The van der Waals surface area contributed by atoms with E-state index in [0.29, 0.717) is 11.5 Å². The molecular formula is C14H19ClN2O2S2. The predicted octanol–water partition coefficient (Wildman–Crippen LogP) is 2.83. The summed E-state index contributed by atoms with van der Waals surface area (Å²) in [6, 6.07) is 4.38. The van der Waals surface area contributed by atoms with Gasteiger partial charge in [-0.2, -0.15) is 0 Å². The van der Waals surface area contributed by atoms with Crippen LogP contribution in [0.2, 0.25) is 5.02 Å². The lowest BCUT2D eigenvalue weighted by Crippen LogP contribution is -2.34. The molecule has 2 rings (SSSR count). The van der Waals surface area contributed by atoms with E-state index in [2.05, 4.69) is 4.72 Å². The molecule has 3 N–H and O–H groups in total. The van der Waals surface area contributed by atoms with Crippen molar-refractivity contribution in [3.8, 4) is 0 Å². The molecule has 0 saturated heterocycles. The molecule has 1 aromatic rings. The number of benzene rings is 1. The van der Waals surface area contributed by atoms with E-state index in [1.54, 1.807) is 6.07 Å². The van der Waals surface area contributed by atoms with Crippen molar-refractivity contribution < 1.29 is 8.42 Å². The maximum absolute atomic E-state index is 12.4. The molecule has 0 aliphatic heterocycles. The second-order valence-corrected chi connectivity index (χ2v) is 7.97. The highest BCUT2D eigenvalue weighted by Crippen LogP contribution is 2.34. The summed E-state index contributed by atoms with van der Waals surface area (Å²) in [5.41, 5.74) is 6.00. The lowest BCUT2D eigenvalue weighted by molar-refractivity contribution is 0.495. The lowest BCUT2D eigenvalue weighted by Gasteiger charge is -2.17. The summed E-state index contributed by atoms with van der Waals surface area (Å²) in [6.45, 7) is 1.98. The smallest absolute Gasteiger partial charge is 0.240 e. The van der Waals surface area contributed by atoms with E-state index in [-0.39, 0.29) is 20.9 Å². The lowest BCUT2D eigenvalue weighted by atomic mass is 10.1. The van der Waals surface area contributed by atoms with Gasteiger partial charge < -0.3 is 5.73 Å². The molecule has 0 heterocycles. The minimum Gasteiger partial charge on any atom is -0.389 e. The number of rotatable bonds is 7. The summed E-state index contributed by atoms with van der Waals surface area (Å²) < 4.78 is 27.6. The van der Waals surface area contributed by atoms with Crippen LogP contribution in [0.3, 0.4) is 0 Å². The zero-order chi connectivity index (χ0) is 15.6. The van der Waals surface area contributed by atoms with E-state index < -0.39 is 10.0 Å². The fourth-order valence-corrected chi connectivity index (χ4v) is 4.14. The third-order valence-corrected chi connectivity index (χ3v) is 5.70. The van der Waals surface area contributed by atoms with Gasteiger partial charge in [-0.05, 0) is 37.0 Å². The highest BCUT2D eigenvalue weighted by molar-refractivity contribution is 7.89. The van der Waals surface area contributed by atoms with Crippen LogP contribution in [-0.2, 0) is 10.0 Å². The monoisotopic (exact) mass is 346 g/mol. The van der Waals surface area contributed by atoms with Gasteiger partial charge in [0, 0.05) is 11.6 Å². The molecule has 1 fully saturated rings. The first-order valence-electron chi connectivity index (χ1n) is 6.95. The Morgan fingerprint density at radius 3 is 2.67 bits per heavy atom. The van der Waals surface area contributed by atoms with Crippen molar-refractivity contribution in [2.45, 2.75) is 43.5 Å². The van der Waals surface area contributed by atoms with Crippen LogP contribution in [0.4, 0.5) is 0 Å². The number of hydrogen-bond donors (Lipinski definition) is 2. The average molecular weight is 347 g/mol. The van der Waals surface area contributed by atoms with Crippen molar-refractivity contribution in [1.29, 1.82) is 0 Å². The van der Waals surface area contributed by atoms with Gasteiger partial charge in [0.15, 0.2) is 0 Å². The summed E-state index contributed by atoms with van der Waals surface area (Å²) in [5.74, 6) is 0.665. The predicted molar refractivity (Wildman–Crippen MR) is 89.1 cm³/mol. The van der Waals surface area contributed by atoms with E-state index >= 15 is 0 Å². The SMILES string of the molecule is CCC(CC1CC1)NS(=O)(=O)c1ccc(C(N)=S)c(Cl)c1. The van der Waals surface area contributed by atoms with Gasteiger partial charge in [0.25, 0.3) is 0 Å². The second kappa shape index (κ2) is 6.60. The van der Waals surface area contributed by atoms with Gasteiger partial charge in [-0.1, -0.05) is 43.6 Å². The van der Waals surface area contributed by atoms with Crippen LogP contribution in [0.5, 0.6) is 0 Å². The number of halogens is 1. The zero-order valence-corrected chi connectivity index (χ0v) is 14.2. The Kier molecular flexibility index (Phi) is 5.24. The Morgan fingerprint density at radius 2 is 2.19 bits per heavy atom. The van der Waals surface area contributed by atoms with Gasteiger partial charge >= 0.3 is 0 Å². The van der Waals surface area contributed by atoms with Crippen LogP contribution in [0.1, 0.15) is 38.2 Å². The van der Waals surface area contributed by atoms with Crippen molar-refractivity contribution in [3.05, 3.63) is 28.8 Å². The van der Waals surface area contributed by atoms with Crippen LogP contribution in [0.25, 0.3) is 0 Å². The van der Waals surface area contributed by atoms with Crippen LogP contribution < -0.4 is 10.5 Å². The fourth-order valence-electron chi connectivity index (χ4n) is 2.20. The Morgan fingerprint density at radius 1 is 1.52 bits per heavy atom. The van der Waals surface area contributed by atoms with Gasteiger partial charge in [0.1, 0.15) is 4.99 Å². The van der Waals surface area contributed by atoms with Crippen LogP contribution in [0, 0.1) is 5.92 Å². The van der Waals surface area contributed by atoms with Gasteiger partial charge in [0.2, 0.25) is 10.0 Å². The quantitative estimate of drug-likeness (QED) is 0.745. The van der Waals surface area contributed by atoms with Crippen molar-refractivity contribution >= 4 is 38.8 Å². The van der Waals surface area contributed by atoms with Crippen molar-refractivity contribution in [2.24, 2.45) is 11.7 Å². The minimum atomic E-state index is -3.57. The maximum atomic E-state index is 12.4. The molecule has 1 aliphatic rings. The van der Waals surface area contributed by atoms with Crippen LogP contribution in [-0.4, -0.2) is 19.4 Å². The Balaban J connectivity index is 2.18. The first-order chi connectivity index (χ1) is 9.83. The highest BCUT2D eigenvalue weighted by Gasteiger charge is 2.27. The van der Waals surface area contributed by atoms with E-state index in [0.717, 1.165) is 12.8 Å². The summed E-state index contributed by atoms with van der Waals surface area (Å²) >= 11 is 10.9. The first-order valence-corrected chi connectivity index (χ1v) is 9.22. The van der Waals surface area contributed by atoms with Crippen molar-refractivity contribution in [3.63, 3.8) is 0 Å². The standard InChI is InChI=1S/C14H19ClN2O2S2/c1-2-10(7-9-3-4-9)17-21(18,19)11-5-6-12(14(16)20)13(15)8-11/h5-6,8-10,17H,2-4,7H2,1H3,(H2,16,20). The van der Waals surface area contributed by atoms with Crippen molar-refractivity contribution in [1.82, 2.24) is 4.72 Å². The topological polar surface area (TPSA) is 72.2 Å². The third-order valence-electron chi connectivity index (χ3n) is 3.65. The number of thiocarbonyl (C=S) groups is 1. The van der Waals surface area contributed by atoms with Crippen molar-refractivity contribution in [2.75, 3.05) is 0 Å². The molecule has 21 heavy (non-hydrogen) atoms. The molecule has 1 atom stereocenters. The first kappa shape index (κ1) is 16.7. The molecular weight excluding hydrogens is 328 g/mol. The molecule has 0 radical (unpaired) electrons. The zero-order valence-electron chi connectivity index (χ0n) is 11.8. The molecule has 1 aromatic carbocycles. The van der Waals surface area contributed by atoms with E-state index in [9.17, 15) is 8.42 Å². The maximum Gasteiger partial charge on any atom is 0.240 e. The Hall–Kier alpha value is -0.690. The fraction of sp³-hybridized carbons (Fsp3) is 0.500. The third kappa shape index (κ3) is 4.39. The molecule has 4 nitrogen and oxygen atoms in total. The molecule has 0 spiro atoms. The summed E-state index contributed by atoms with van der Waals surface area (Å²) in [4.78, 5) is 0.291. The molecule has 1 unspecified atom stereocenters. The van der Waals surface area contributed by atoms with E-state index in [1.165, 1.54) is 25.0 Å². The molecule has 1 aliphatic carbocycles. The molecule has 0 bridgehead atoms. The number of sulfonamides is 1. The number of nitrogens with one attached hydrogen (secondary N) is 1. The Labute approximate surface area is 136 Å².